The Bertz CT molecular complexity index is 570. The first-order valence-electron chi connectivity index (χ1n) is 7.34. The lowest BCUT2D eigenvalue weighted by Gasteiger charge is -2.25. The molecule has 0 atom stereocenters. The average molecular weight is 288 g/mol. The molecular weight excluding hydrogens is 268 g/mol. The number of aromatic nitrogens is 4. The number of nitrogens with zero attached hydrogens (tertiary/aromatic N) is 4. The molecule has 1 aliphatic rings. The summed E-state index contributed by atoms with van der Waals surface area (Å²) < 4.78 is 3.80. The molecule has 0 aromatic carbocycles. The second-order valence-corrected chi connectivity index (χ2v) is 5.20. The third-order valence-electron chi connectivity index (χ3n) is 3.81. The zero-order valence-corrected chi connectivity index (χ0v) is 11.9. The lowest BCUT2D eigenvalue weighted by atomic mass is 10.1. The maximum Gasteiger partial charge on any atom is 0.267 e. The summed E-state index contributed by atoms with van der Waals surface area (Å²) in [5, 5.41) is 13.9. The molecule has 7 nitrogen and oxygen atoms in total. The Labute approximate surface area is 123 Å². The van der Waals surface area contributed by atoms with Crippen LogP contribution in [-0.2, 0) is 6.54 Å². The number of piperidine rings is 1. The smallest absolute Gasteiger partial charge is 0.267 e. The van der Waals surface area contributed by atoms with Gasteiger partial charge in [-0.15, -0.1) is 5.10 Å². The third kappa shape index (κ3) is 3.30. The van der Waals surface area contributed by atoms with Gasteiger partial charge in [-0.1, -0.05) is 5.21 Å². The molecule has 7 heteroatoms. The molecule has 0 unspecified atom stereocenters. The van der Waals surface area contributed by atoms with Crippen LogP contribution in [0.15, 0.2) is 30.7 Å². The fraction of sp³-hybridized carbons (Fsp3) is 0.500. The first-order chi connectivity index (χ1) is 10.3. The zero-order valence-electron chi connectivity index (χ0n) is 11.9. The van der Waals surface area contributed by atoms with E-state index in [9.17, 15) is 4.79 Å². The predicted molar refractivity (Wildman–Crippen MR) is 77.9 cm³/mol. The number of carbonyl (C=O) groups excluding carboxylic acids is 1. The van der Waals surface area contributed by atoms with Crippen LogP contribution in [0.2, 0.25) is 0 Å². The monoisotopic (exact) mass is 288 g/mol. The molecule has 3 heterocycles. The maximum absolute atomic E-state index is 12.3. The van der Waals surface area contributed by atoms with Crippen molar-refractivity contribution in [3.05, 3.63) is 36.4 Å². The molecule has 1 fully saturated rings. The number of nitrogens with one attached hydrogen (secondary N) is 2. The molecule has 1 aliphatic heterocycles. The Morgan fingerprint density at radius 1 is 1.38 bits per heavy atom. The lowest BCUT2D eigenvalue weighted by Crippen LogP contribution is -2.33. The Morgan fingerprint density at radius 2 is 2.24 bits per heavy atom. The van der Waals surface area contributed by atoms with Crippen molar-refractivity contribution in [3.8, 4) is 0 Å². The summed E-state index contributed by atoms with van der Waals surface area (Å²) in [4.78, 5) is 12.3. The third-order valence-corrected chi connectivity index (χ3v) is 3.81. The maximum atomic E-state index is 12.3. The van der Waals surface area contributed by atoms with E-state index in [1.165, 1.54) is 0 Å². The summed E-state index contributed by atoms with van der Waals surface area (Å²) >= 11 is 0. The van der Waals surface area contributed by atoms with Crippen molar-refractivity contribution in [1.29, 1.82) is 0 Å². The van der Waals surface area contributed by atoms with Gasteiger partial charge in [0.05, 0.1) is 12.7 Å². The van der Waals surface area contributed by atoms with Crippen LogP contribution in [-0.4, -0.2) is 45.1 Å². The number of hydrogen-bond donors (Lipinski definition) is 2. The summed E-state index contributed by atoms with van der Waals surface area (Å²) in [6.07, 6.45) is 7.54. The molecule has 1 amide bonds. The highest BCUT2D eigenvalue weighted by Crippen LogP contribution is 2.21. The van der Waals surface area contributed by atoms with Crippen molar-refractivity contribution in [2.75, 3.05) is 19.6 Å². The van der Waals surface area contributed by atoms with E-state index in [0.29, 0.717) is 19.1 Å². The molecule has 0 bridgehead atoms. The second-order valence-electron chi connectivity index (χ2n) is 5.20. The van der Waals surface area contributed by atoms with Gasteiger partial charge in [0.25, 0.3) is 5.91 Å². The molecule has 112 valence electrons. The van der Waals surface area contributed by atoms with Crippen LogP contribution in [0.4, 0.5) is 0 Å². The number of amides is 1. The van der Waals surface area contributed by atoms with Gasteiger partial charge in [-0.25, -0.2) is 0 Å². The van der Waals surface area contributed by atoms with E-state index < -0.39 is 0 Å². The fourth-order valence-corrected chi connectivity index (χ4v) is 2.72. The minimum Gasteiger partial charge on any atom is -0.349 e. The number of rotatable bonds is 5. The van der Waals surface area contributed by atoms with E-state index in [4.69, 9.17) is 0 Å². The van der Waals surface area contributed by atoms with Gasteiger partial charge in [-0.05, 0) is 38.1 Å². The molecule has 2 aromatic heterocycles. The van der Waals surface area contributed by atoms with Crippen molar-refractivity contribution < 1.29 is 4.79 Å². The van der Waals surface area contributed by atoms with Gasteiger partial charge in [0.15, 0.2) is 0 Å². The van der Waals surface area contributed by atoms with Gasteiger partial charge < -0.3 is 15.2 Å². The van der Waals surface area contributed by atoms with Gasteiger partial charge >= 0.3 is 0 Å². The molecular formula is C14H20N6O. The molecule has 1 saturated heterocycles. The van der Waals surface area contributed by atoms with Crippen molar-refractivity contribution in [1.82, 2.24) is 30.2 Å². The van der Waals surface area contributed by atoms with Crippen LogP contribution in [0, 0.1) is 0 Å². The van der Waals surface area contributed by atoms with Crippen LogP contribution in [0.3, 0.4) is 0 Å². The first-order valence-corrected chi connectivity index (χ1v) is 7.34. The van der Waals surface area contributed by atoms with Crippen LogP contribution in [0.25, 0.3) is 0 Å². The second kappa shape index (κ2) is 6.53. The summed E-state index contributed by atoms with van der Waals surface area (Å²) in [5.41, 5.74) is 0.737. The summed E-state index contributed by atoms with van der Waals surface area (Å²) in [5.74, 6) is -0.0290. The summed E-state index contributed by atoms with van der Waals surface area (Å²) in [6.45, 7) is 3.19. The molecule has 0 spiro atoms. The van der Waals surface area contributed by atoms with E-state index in [-0.39, 0.29) is 5.91 Å². The van der Waals surface area contributed by atoms with Crippen LogP contribution >= 0.6 is 0 Å². The van der Waals surface area contributed by atoms with Crippen LogP contribution < -0.4 is 10.6 Å². The lowest BCUT2D eigenvalue weighted by molar-refractivity contribution is 0.0939. The fourth-order valence-electron chi connectivity index (χ4n) is 2.72. The van der Waals surface area contributed by atoms with Crippen molar-refractivity contribution in [2.45, 2.75) is 25.4 Å². The molecule has 0 radical (unpaired) electrons. The first kappa shape index (κ1) is 13.8. The van der Waals surface area contributed by atoms with Gasteiger partial charge in [-0.3, -0.25) is 9.48 Å². The Kier molecular flexibility index (Phi) is 4.30. The van der Waals surface area contributed by atoms with E-state index in [1.807, 2.05) is 18.3 Å². The minimum absolute atomic E-state index is 0.0290. The molecule has 0 aliphatic carbocycles. The number of hydrogen-bond acceptors (Lipinski definition) is 4. The summed E-state index contributed by atoms with van der Waals surface area (Å²) in [7, 11) is 0. The van der Waals surface area contributed by atoms with Gasteiger partial charge in [0, 0.05) is 25.0 Å². The normalized spacial score (nSPS) is 16.0. The Morgan fingerprint density at radius 3 is 3.00 bits per heavy atom. The highest BCUT2D eigenvalue weighted by molar-refractivity contribution is 5.92. The zero-order chi connectivity index (χ0) is 14.5. The van der Waals surface area contributed by atoms with E-state index >= 15 is 0 Å². The van der Waals surface area contributed by atoms with Crippen molar-refractivity contribution in [3.63, 3.8) is 0 Å². The molecule has 0 saturated carbocycles. The largest absolute Gasteiger partial charge is 0.349 e. The quantitative estimate of drug-likeness (QED) is 0.836. The van der Waals surface area contributed by atoms with Gasteiger partial charge in [-0.2, -0.15) is 0 Å². The molecule has 21 heavy (non-hydrogen) atoms. The highest BCUT2D eigenvalue weighted by Gasteiger charge is 2.19. The molecule has 2 aromatic rings. The SMILES string of the molecule is O=C(NCCn1ccnn1)c1cccn1C1CCNCC1. The topological polar surface area (TPSA) is 76.8 Å². The summed E-state index contributed by atoms with van der Waals surface area (Å²) in [6, 6.07) is 4.23. The van der Waals surface area contributed by atoms with E-state index in [2.05, 4.69) is 25.5 Å². The van der Waals surface area contributed by atoms with Gasteiger partial charge in [0.2, 0.25) is 0 Å². The van der Waals surface area contributed by atoms with Crippen molar-refractivity contribution in [2.24, 2.45) is 0 Å². The minimum atomic E-state index is -0.0290. The van der Waals surface area contributed by atoms with E-state index in [1.54, 1.807) is 17.1 Å². The van der Waals surface area contributed by atoms with Crippen LogP contribution in [0.1, 0.15) is 29.4 Å². The highest BCUT2D eigenvalue weighted by atomic mass is 16.1. The van der Waals surface area contributed by atoms with Gasteiger partial charge in [0.1, 0.15) is 5.69 Å². The predicted octanol–water partition coefficient (Wildman–Crippen LogP) is 0.434. The molecule has 3 rings (SSSR count). The van der Waals surface area contributed by atoms with Crippen LogP contribution in [0.5, 0.6) is 0 Å². The standard InChI is InChI=1S/C14H20N6O/c21-14(16-7-10-19-11-8-17-18-19)13-2-1-9-20(13)12-3-5-15-6-4-12/h1-2,8-9,11-12,15H,3-7,10H2,(H,16,21). The number of carbonyl (C=O) groups is 1. The molecule has 2 N–H and O–H groups in total. The van der Waals surface area contributed by atoms with E-state index in [0.717, 1.165) is 31.6 Å². The Hall–Kier alpha value is -2.15. The van der Waals surface area contributed by atoms with Crippen molar-refractivity contribution >= 4 is 5.91 Å². The average Bonchev–Trinajstić information content (AvgIpc) is 3.19. The Balaban J connectivity index is 1.58.